The number of methoxy groups -OCH3 is 1. The van der Waals surface area contributed by atoms with Gasteiger partial charge in [0.2, 0.25) is 5.91 Å². The fraction of sp³-hybridized carbons (Fsp3) is 0.379. The zero-order valence-electron chi connectivity index (χ0n) is 21.3. The SMILES string of the molecule is CCCCN(CC(=O)N(Cc1cccn1Cc1ccccc1)C(C)C)C(=O)c1cccc(OC)c1. The van der Waals surface area contributed by atoms with Crippen molar-refractivity contribution in [1.29, 1.82) is 0 Å². The smallest absolute Gasteiger partial charge is 0.254 e. The summed E-state index contributed by atoms with van der Waals surface area (Å²) >= 11 is 0. The van der Waals surface area contributed by atoms with Gasteiger partial charge in [-0.05, 0) is 56.2 Å². The topological polar surface area (TPSA) is 54.8 Å². The van der Waals surface area contributed by atoms with Crippen LogP contribution in [0.1, 0.15) is 55.2 Å². The van der Waals surface area contributed by atoms with Crippen molar-refractivity contribution in [1.82, 2.24) is 14.4 Å². The van der Waals surface area contributed by atoms with E-state index in [1.165, 1.54) is 5.56 Å². The summed E-state index contributed by atoms with van der Waals surface area (Å²) < 4.78 is 7.46. The van der Waals surface area contributed by atoms with Crippen molar-refractivity contribution in [3.63, 3.8) is 0 Å². The molecule has 2 amide bonds. The molecule has 0 spiro atoms. The number of carbonyl (C=O) groups is 2. The Morgan fingerprint density at radius 1 is 1.00 bits per heavy atom. The Morgan fingerprint density at radius 3 is 2.46 bits per heavy atom. The first-order chi connectivity index (χ1) is 16.9. The van der Waals surface area contributed by atoms with Crippen molar-refractivity contribution in [2.75, 3.05) is 20.2 Å². The van der Waals surface area contributed by atoms with Gasteiger partial charge in [-0.15, -0.1) is 0 Å². The average Bonchev–Trinajstić information content (AvgIpc) is 3.31. The summed E-state index contributed by atoms with van der Waals surface area (Å²) in [6.07, 6.45) is 3.83. The van der Waals surface area contributed by atoms with E-state index in [1.54, 1.807) is 30.2 Å². The van der Waals surface area contributed by atoms with Gasteiger partial charge in [0.15, 0.2) is 0 Å². The van der Waals surface area contributed by atoms with Gasteiger partial charge in [0, 0.05) is 36.6 Å². The molecule has 0 saturated carbocycles. The van der Waals surface area contributed by atoms with Crippen LogP contribution < -0.4 is 4.74 Å². The van der Waals surface area contributed by atoms with Crippen LogP contribution in [0, 0.1) is 0 Å². The van der Waals surface area contributed by atoms with E-state index in [1.807, 2.05) is 55.3 Å². The predicted molar refractivity (Wildman–Crippen MR) is 139 cm³/mol. The number of aromatic nitrogens is 1. The number of hydrogen-bond acceptors (Lipinski definition) is 3. The van der Waals surface area contributed by atoms with Gasteiger partial charge in [-0.2, -0.15) is 0 Å². The predicted octanol–water partition coefficient (Wildman–Crippen LogP) is 5.22. The molecule has 35 heavy (non-hydrogen) atoms. The second-order valence-corrected chi connectivity index (χ2v) is 9.04. The van der Waals surface area contributed by atoms with Crippen LogP contribution in [0.15, 0.2) is 72.9 Å². The second-order valence-electron chi connectivity index (χ2n) is 9.04. The summed E-state index contributed by atoms with van der Waals surface area (Å²) in [6, 6.07) is 21.5. The molecule has 0 aliphatic carbocycles. The minimum Gasteiger partial charge on any atom is -0.497 e. The fourth-order valence-electron chi connectivity index (χ4n) is 4.05. The lowest BCUT2D eigenvalue weighted by Gasteiger charge is -2.31. The summed E-state index contributed by atoms with van der Waals surface area (Å²) in [5.41, 5.74) is 2.80. The number of hydrogen-bond donors (Lipinski definition) is 0. The molecule has 2 aromatic carbocycles. The molecule has 0 bridgehead atoms. The van der Waals surface area contributed by atoms with Crippen LogP contribution in [0.3, 0.4) is 0 Å². The first-order valence-corrected chi connectivity index (χ1v) is 12.3. The lowest BCUT2D eigenvalue weighted by atomic mass is 10.1. The quantitative estimate of drug-likeness (QED) is 0.361. The normalized spacial score (nSPS) is 10.9. The highest BCUT2D eigenvalue weighted by atomic mass is 16.5. The number of amides is 2. The maximum Gasteiger partial charge on any atom is 0.254 e. The lowest BCUT2D eigenvalue weighted by Crippen LogP contribution is -2.45. The van der Waals surface area contributed by atoms with E-state index in [2.05, 4.69) is 29.7 Å². The first kappa shape index (κ1) is 26.1. The summed E-state index contributed by atoms with van der Waals surface area (Å²) in [4.78, 5) is 30.3. The molecule has 0 N–H and O–H groups in total. The number of ether oxygens (including phenoxy) is 1. The van der Waals surface area contributed by atoms with E-state index in [-0.39, 0.29) is 24.4 Å². The van der Waals surface area contributed by atoms with Gasteiger partial charge in [-0.3, -0.25) is 9.59 Å². The molecule has 0 unspecified atom stereocenters. The van der Waals surface area contributed by atoms with Gasteiger partial charge < -0.3 is 19.1 Å². The molecule has 0 aliphatic heterocycles. The van der Waals surface area contributed by atoms with Crippen LogP contribution in [0.5, 0.6) is 5.75 Å². The maximum atomic E-state index is 13.5. The number of unbranched alkanes of at least 4 members (excludes halogenated alkanes) is 1. The third kappa shape index (κ3) is 7.22. The largest absolute Gasteiger partial charge is 0.497 e. The van der Waals surface area contributed by atoms with Gasteiger partial charge in [-0.1, -0.05) is 49.7 Å². The van der Waals surface area contributed by atoms with Crippen LogP contribution >= 0.6 is 0 Å². The minimum atomic E-state index is -0.151. The maximum absolute atomic E-state index is 13.5. The fourth-order valence-corrected chi connectivity index (χ4v) is 4.05. The molecule has 6 nitrogen and oxygen atoms in total. The lowest BCUT2D eigenvalue weighted by molar-refractivity contribution is -0.134. The van der Waals surface area contributed by atoms with Gasteiger partial charge in [0.25, 0.3) is 5.91 Å². The van der Waals surface area contributed by atoms with Gasteiger partial charge in [0.1, 0.15) is 12.3 Å². The highest BCUT2D eigenvalue weighted by molar-refractivity contribution is 5.96. The van der Waals surface area contributed by atoms with Gasteiger partial charge in [0.05, 0.1) is 13.7 Å². The standard InChI is InChI=1S/C29H37N3O3/c1-5-6-17-31(29(34)25-14-10-16-27(19-25)35-4)22-28(33)32(23(2)3)21-26-15-11-18-30(26)20-24-12-8-7-9-13-24/h7-16,18-19,23H,5-6,17,20-22H2,1-4H3. The molecule has 0 atom stereocenters. The number of nitrogens with zero attached hydrogens (tertiary/aromatic N) is 3. The van der Waals surface area contributed by atoms with Crippen molar-refractivity contribution < 1.29 is 14.3 Å². The minimum absolute atomic E-state index is 0.00233. The van der Waals surface area contributed by atoms with E-state index >= 15 is 0 Å². The monoisotopic (exact) mass is 475 g/mol. The van der Waals surface area contributed by atoms with Gasteiger partial charge >= 0.3 is 0 Å². The van der Waals surface area contributed by atoms with Crippen molar-refractivity contribution in [2.24, 2.45) is 0 Å². The molecule has 6 heteroatoms. The zero-order valence-corrected chi connectivity index (χ0v) is 21.3. The Kier molecular flexibility index (Phi) is 9.53. The van der Waals surface area contributed by atoms with E-state index in [0.717, 1.165) is 25.1 Å². The summed E-state index contributed by atoms with van der Waals surface area (Å²) in [6.45, 7) is 7.94. The van der Waals surface area contributed by atoms with Crippen molar-refractivity contribution in [3.05, 3.63) is 89.7 Å². The Labute approximate surface area is 209 Å². The van der Waals surface area contributed by atoms with E-state index < -0.39 is 0 Å². The molecule has 1 heterocycles. The number of benzene rings is 2. The first-order valence-electron chi connectivity index (χ1n) is 12.3. The molecule has 0 aliphatic rings. The molecular weight excluding hydrogens is 438 g/mol. The van der Waals surface area contributed by atoms with Crippen LogP contribution in [0.25, 0.3) is 0 Å². The Balaban J connectivity index is 1.76. The van der Waals surface area contributed by atoms with E-state index in [4.69, 9.17) is 4.74 Å². The molecule has 0 fully saturated rings. The third-order valence-corrected chi connectivity index (χ3v) is 6.11. The Morgan fingerprint density at radius 2 is 1.77 bits per heavy atom. The molecule has 0 saturated heterocycles. The summed E-state index contributed by atoms with van der Waals surface area (Å²) in [7, 11) is 1.58. The average molecular weight is 476 g/mol. The van der Waals surface area contributed by atoms with Crippen molar-refractivity contribution in [3.8, 4) is 5.75 Å². The Hall–Kier alpha value is -3.54. The number of carbonyl (C=O) groups excluding carboxylic acids is 2. The Bertz CT molecular complexity index is 1090. The molecule has 3 aromatic rings. The highest BCUT2D eigenvalue weighted by Gasteiger charge is 2.24. The molecular formula is C29H37N3O3. The third-order valence-electron chi connectivity index (χ3n) is 6.11. The summed E-state index contributed by atoms with van der Waals surface area (Å²) in [5, 5.41) is 0. The van der Waals surface area contributed by atoms with E-state index in [0.29, 0.717) is 24.4 Å². The second kappa shape index (κ2) is 12.8. The van der Waals surface area contributed by atoms with Crippen LogP contribution in [0.4, 0.5) is 0 Å². The summed E-state index contributed by atoms with van der Waals surface area (Å²) in [5.74, 6) is 0.419. The van der Waals surface area contributed by atoms with Crippen LogP contribution in [-0.2, 0) is 17.9 Å². The molecule has 1 aromatic heterocycles. The molecule has 0 radical (unpaired) electrons. The van der Waals surface area contributed by atoms with Crippen molar-refractivity contribution in [2.45, 2.75) is 52.7 Å². The number of rotatable bonds is 12. The molecule has 3 rings (SSSR count). The van der Waals surface area contributed by atoms with E-state index in [9.17, 15) is 9.59 Å². The zero-order chi connectivity index (χ0) is 25.2. The molecule has 186 valence electrons. The van der Waals surface area contributed by atoms with Crippen LogP contribution in [-0.4, -0.2) is 52.4 Å². The van der Waals surface area contributed by atoms with Crippen LogP contribution in [0.2, 0.25) is 0 Å². The van der Waals surface area contributed by atoms with Gasteiger partial charge in [-0.25, -0.2) is 0 Å². The van der Waals surface area contributed by atoms with Crippen molar-refractivity contribution >= 4 is 11.8 Å². The highest BCUT2D eigenvalue weighted by Crippen LogP contribution is 2.17.